The van der Waals surface area contributed by atoms with Gasteiger partial charge < -0.3 is 14.7 Å². The number of carboxylic acids is 1. The Labute approximate surface area is 134 Å². The molecule has 0 aromatic heterocycles. The quantitative estimate of drug-likeness (QED) is 0.836. The van der Waals surface area contributed by atoms with Gasteiger partial charge in [-0.15, -0.1) is 0 Å². The van der Waals surface area contributed by atoms with E-state index in [-0.39, 0.29) is 24.9 Å². The van der Waals surface area contributed by atoms with E-state index in [1.165, 1.54) is 7.11 Å². The number of ether oxygens (including phenoxy) is 1. The van der Waals surface area contributed by atoms with Crippen molar-refractivity contribution >= 4 is 23.5 Å². The molecule has 6 heteroatoms. The van der Waals surface area contributed by atoms with Crippen molar-refractivity contribution in [3.8, 4) is 5.75 Å². The summed E-state index contributed by atoms with van der Waals surface area (Å²) in [7, 11) is 1.53. The third kappa shape index (κ3) is 3.91. The lowest BCUT2D eigenvalue weighted by Crippen LogP contribution is -2.39. The largest absolute Gasteiger partial charge is 0.496 e. The molecule has 1 aliphatic rings. The number of carbonyl (C=O) groups is 2. The molecule has 1 N–H and O–H groups in total. The highest BCUT2D eigenvalue weighted by Crippen LogP contribution is 2.31. The van der Waals surface area contributed by atoms with Crippen LogP contribution in [0.3, 0.4) is 0 Å². The topological polar surface area (TPSA) is 66.8 Å². The van der Waals surface area contributed by atoms with Crippen molar-refractivity contribution < 1.29 is 19.4 Å². The minimum atomic E-state index is -0.895. The summed E-state index contributed by atoms with van der Waals surface area (Å²) in [6, 6.07) is 5.40. The lowest BCUT2D eigenvalue weighted by molar-refractivity contribution is -0.143. The van der Waals surface area contributed by atoms with Crippen LogP contribution in [0.1, 0.15) is 25.3 Å². The Hall–Kier alpha value is -1.75. The van der Waals surface area contributed by atoms with E-state index in [1.54, 1.807) is 30.0 Å². The molecule has 120 valence electrons. The molecule has 1 aromatic rings. The summed E-state index contributed by atoms with van der Waals surface area (Å²) in [6.45, 7) is 1.84. The summed E-state index contributed by atoms with van der Waals surface area (Å²) in [5.74, 6) is -1.02. The van der Waals surface area contributed by atoms with E-state index in [0.717, 1.165) is 12.8 Å². The molecule has 0 heterocycles. The normalized spacial score (nSPS) is 15.2. The second-order valence-electron chi connectivity index (χ2n) is 5.61. The summed E-state index contributed by atoms with van der Waals surface area (Å²) in [6.07, 6.45) is 1.97. The lowest BCUT2D eigenvalue weighted by atomic mass is 10.1. The fourth-order valence-electron chi connectivity index (χ4n) is 2.37. The molecule has 0 saturated heterocycles. The van der Waals surface area contributed by atoms with E-state index in [1.807, 2.05) is 0 Å². The Kier molecular flexibility index (Phi) is 5.29. The summed E-state index contributed by atoms with van der Waals surface area (Å²) in [5, 5.41) is 9.53. The Morgan fingerprint density at radius 3 is 2.68 bits per heavy atom. The van der Waals surface area contributed by atoms with Crippen LogP contribution in [0.5, 0.6) is 5.75 Å². The molecule has 0 spiro atoms. The van der Waals surface area contributed by atoms with Crippen molar-refractivity contribution in [2.45, 2.75) is 32.2 Å². The van der Waals surface area contributed by atoms with E-state index in [4.69, 9.17) is 21.4 Å². The molecule has 1 saturated carbocycles. The van der Waals surface area contributed by atoms with Gasteiger partial charge in [0.2, 0.25) is 5.91 Å². The highest BCUT2D eigenvalue weighted by atomic mass is 35.5. The van der Waals surface area contributed by atoms with Crippen molar-refractivity contribution in [3.05, 3.63) is 28.8 Å². The molecule has 2 rings (SSSR count). The predicted molar refractivity (Wildman–Crippen MR) is 83.2 cm³/mol. The van der Waals surface area contributed by atoms with Gasteiger partial charge in [-0.05, 0) is 25.0 Å². The van der Waals surface area contributed by atoms with Gasteiger partial charge in [0.15, 0.2) is 0 Å². The smallest absolute Gasteiger partial charge is 0.308 e. The zero-order valence-corrected chi connectivity index (χ0v) is 13.5. The van der Waals surface area contributed by atoms with Crippen LogP contribution in [0, 0.1) is 5.92 Å². The van der Waals surface area contributed by atoms with Gasteiger partial charge in [-0.1, -0.05) is 24.6 Å². The zero-order chi connectivity index (χ0) is 16.3. The second kappa shape index (κ2) is 7.01. The van der Waals surface area contributed by atoms with Crippen LogP contribution < -0.4 is 4.74 Å². The Morgan fingerprint density at radius 1 is 1.45 bits per heavy atom. The fourth-order valence-corrected chi connectivity index (χ4v) is 2.60. The van der Waals surface area contributed by atoms with Crippen LogP contribution >= 0.6 is 11.6 Å². The molecule has 1 atom stereocenters. The number of nitrogens with zero attached hydrogens (tertiary/aromatic N) is 1. The summed E-state index contributed by atoms with van der Waals surface area (Å²) < 4.78 is 5.25. The Morgan fingerprint density at radius 2 is 2.14 bits per heavy atom. The van der Waals surface area contributed by atoms with Crippen LogP contribution in [-0.4, -0.2) is 41.6 Å². The number of methoxy groups -OCH3 is 1. The maximum absolute atomic E-state index is 12.6. The van der Waals surface area contributed by atoms with Crippen LogP contribution in [0.4, 0.5) is 0 Å². The first-order chi connectivity index (χ1) is 10.4. The van der Waals surface area contributed by atoms with Crippen LogP contribution in [0.25, 0.3) is 0 Å². The van der Waals surface area contributed by atoms with Crippen molar-refractivity contribution in [2.75, 3.05) is 13.7 Å². The highest BCUT2D eigenvalue weighted by molar-refractivity contribution is 6.31. The first kappa shape index (κ1) is 16.6. The Balaban J connectivity index is 2.13. The third-order valence-electron chi connectivity index (χ3n) is 3.82. The fraction of sp³-hybridized carbons (Fsp3) is 0.500. The second-order valence-corrected chi connectivity index (χ2v) is 6.02. The van der Waals surface area contributed by atoms with E-state index in [2.05, 4.69) is 0 Å². The summed E-state index contributed by atoms with van der Waals surface area (Å²) in [4.78, 5) is 25.3. The van der Waals surface area contributed by atoms with Crippen LogP contribution in [0.2, 0.25) is 5.02 Å². The highest BCUT2D eigenvalue weighted by Gasteiger charge is 2.34. The molecule has 1 amide bonds. The van der Waals surface area contributed by atoms with Gasteiger partial charge in [-0.2, -0.15) is 0 Å². The molecule has 22 heavy (non-hydrogen) atoms. The van der Waals surface area contributed by atoms with E-state index in [9.17, 15) is 9.59 Å². The predicted octanol–water partition coefficient (Wildman–Crippen LogP) is 2.60. The van der Waals surface area contributed by atoms with E-state index in [0.29, 0.717) is 16.3 Å². The number of carbonyl (C=O) groups excluding carboxylic acids is 1. The molecule has 1 aromatic carbocycles. The van der Waals surface area contributed by atoms with Gasteiger partial charge in [-0.3, -0.25) is 9.59 Å². The number of benzene rings is 1. The lowest BCUT2D eigenvalue weighted by Gasteiger charge is -2.25. The minimum absolute atomic E-state index is 0.109. The number of halogens is 1. The molecule has 0 bridgehead atoms. The van der Waals surface area contributed by atoms with Gasteiger partial charge in [-0.25, -0.2) is 0 Å². The van der Waals surface area contributed by atoms with Crippen LogP contribution in [0.15, 0.2) is 18.2 Å². The summed E-state index contributed by atoms with van der Waals surface area (Å²) >= 11 is 6.16. The standard InChI is InChI=1S/C16H20ClNO4/c1-10(16(20)21)9-18(11-6-7-11)15(19)8-12-13(17)4-3-5-14(12)22-2/h3-5,10-11H,6-9H2,1-2H3,(H,20,21). The minimum Gasteiger partial charge on any atom is -0.496 e. The van der Waals surface area contributed by atoms with Gasteiger partial charge >= 0.3 is 5.97 Å². The molecule has 1 aliphatic carbocycles. The van der Waals surface area contributed by atoms with Crippen molar-refractivity contribution in [2.24, 2.45) is 5.92 Å². The molecule has 1 unspecified atom stereocenters. The zero-order valence-electron chi connectivity index (χ0n) is 12.7. The van der Waals surface area contributed by atoms with Crippen molar-refractivity contribution in [3.63, 3.8) is 0 Å². The number of rotatable bonds is 7. The monoisotopic (exact) mass is 325 g/mol. The molecule has 1 fully saturated rings. The number of carboxylic acid groups (broad SMARTS) is 1. The van der Waals surface area contributed by atoms with Gasteiger partial charge in [0.1, 0.15) is 5.75 Å². The summed E-state index contributed by atoms with van der Waals surface area (Å²) in [5.41, 5.74) is 0.644. The van der Waals surface area contributed by atoms with E-state index < -0.39 is 11.9 Å². The maximum atomic E-state index is 12.6. The van der Waals surface area contributed by atoms with Crippen LogP contribution in [-0.2, 0) is 16.0 Å². The molecule has 5 nitrogen and oxygen atoms in total. The van der Waals surface area contributed by atoms with E-state index >= 15 is 0 Å². The number of hydrogen-bond acceptors (Lipinski definition) is 3. The van der Waals surface area contributed by atoms with Gasteiger partial charge in [0, 0.05) is 23.2 Å². The maximum Gasteiger partial charge on any atom is 0.308 e. The molecule has 0 aliphatic heterocycles. The number of hydrogen-bond donors (Lipinski definition) is 1. The SMILES string of the molecule is COc1cccc(Cl)c1CC(=O)N(CC(C)C(=O)O)C1CC1. The third-order valence-corrected chi connectivity index (χ3v) is 4.18. The van der Waals surface area contributed by atoms with Gasteiger partial charge in [0.05, 0.1) is 19.4 Å². The Bertz CT molecular complexity index is 571. The first-order valence-corrected chi connectivity index (χ1v) is 7.65. The van der Waals surface area contributed by atoms with Crippen molar-refractivity contribution in [1.82, 2.24) is 4.90 Å². The van der Waals surface area contributed by atoms with Crippen molar-refractivity contribution in [1.29, 1.82) is 0 Å². The average Bonchev–Trinajstić information content (AvgIpc) is 3.30. The first-order valence-electron chi connectivity index (χ1n) is 7.27. The number of aliphatic carboxylic acids is 1. The average molecular weight is 326 g/mol. The number of amides is 1. The molecular weight excluding hydrogens is 306 g/mol. The van der Waals surface area contributed by atoms with Gasteiger partial charge in [0.25, 0.3) is 0 Å². The molecule has 0 radical (unpaired) electrons. The molecular formula is C16H20ClNO4.